The van der Waals surface area contributed by atoms with Crippen molar-refractivity contribution >= 4 is 92.1 Å². The van der Waals surface area contributed by atoms with Gasteiger partial charge in [0.05, 0.1) is 10.4 Å². The molecule has 0 saturated heterocycles. The average Bonchev–Trinajstić information content (AvgIpc) is 3.79. The SMILES string of the molecule is c1ccc(-c2cccc(N(c3ccc(-c4cccc5ccccc45)cc3)c3cccc4c3sc3ccc5c6cc7ccccc7cc6oc5c34)c2)cc1. The Hall–Kier alpha value is -6.68. The van der Waals surface area contributed by atoms with Gasteiger partial charge in [-0.2, -0.15) is 0 Å². The Balaban J connectivity index is 1.12. The van der Waals surface area contributed by atoms with Crippen LogP contribution >= 0.6 is 11.3 Å². The Morgan fingerprint density at radius 1 is 0.415 bits per heavy atom. The highest BCUT2D eigenvalue weighted by Gasteiger charge is 2.21. The Kier molecular flexibility index (Phi) is 6.76. The van der Waals surface area contributed by atoms with Gasteiger partial charge in [0.1, 0.15) is 11.2 Å². The number of benzene rings is 9. The van der Waals surface area contributed by atoms with Crippen molar-refractivity contribution in [1.29, 1.82) is 0 Å². The normalized spacial score (nSPS) is 11.8. The smallest absolute Gasteiger partial charge is 0.144 e. The third-order valence-electron chi connectivity index (χ3n) is 10.6. The molecule has 0 aliphatic rings. The minimum atomic E-state index is 0.923. The number of rotatable bonds is 5. The number of hydrogen-bond acceptors (Lipinski definition) is 3. The van der Waals surface area contributed by atoms with Crippen LogP contribution < -0.4 is 4.90 Å². The number of fused-ring (bicyclic) bond motifs is 9. The topological polar surface area (TPSA) is 16.4 Å². The molecule has 0 N–H and O–H groups in total. The number of furan rings is 1. The lowest BCUT2D eigenvalue weighted by Gasteiger charge is -2.27. The molecule has 0 spiro atoms. The third kappa shape index (κ3) is 4.86. The van der Waals surface area contributed by atoms with E-state index < -0.39 is 0 Å². The van der Waals surface area contributed by atoms with E-state index in [0.29, 0.717) is 0 Å². The fourth-order valence-corrected chi connectivity index (χ4v) is 9.32. The monoisotopic (exact) mass is 693 g/mol. The van der Waals surface area contributed by atoms with Gasteiger partial charge < -0.3 is 9.32 Å². The first-order valence-corrected chi connectivity index (χ1v) is 18.8. The summed E-state index contributed by atoms with van der Waals surface area (Å²) in [5, 5.41) is 9.60. The molecule has 0 bridgehead atoms. The second kappa shape index (κ2) is 11.9. The molecule has 0 saturated carbocycles. The van der Waals surface area contributed by atoms with E-state index in [-0.39, 0.29) is 0 Å². The van der Waals surface area contributed by atoms with Crippen LogP contribution in [0.3, 0.4) is 0 Å². The van der Waals surface area contributed by atoms with Crippen LogP contribution in [0, 0.1) is 0 Å². The predicted octanol–water partition coefficient (Wildman–Crippen LogP) is 15.1. The van der Waals surface area contributed by atoms with Gasteiger partial charge in [0.15, 0.2) is 0 Å². The van der Waals surface area contributed by atoms with E-state index in [1.54, 1.807) is 0 Å². The first-order valence-electron chi connectivity index (χ1n) is 18.0. The van der Waals surface area contributed by atoms with Crippen molar-refractivity contribution < 1.29 is 4.42 Å². The zero-order valence-corrected chi connectivity index (χ0v) is 29.5. The van der Waals surface area contributed by atoms with Crippen LogP contribution in [-0.4, -0.2) is 0 Å². The standard InChI is InChI=1S/C50H31NOS/c1-2-11-32(12-3-1)35-17-8-18-39(29-35)51(38-25-23-34(24-26-38)41-20-9-16-33-13-6-7-19-40(33)41)45-22-10-21-43-48-47(53-50(43)45)28-27-42-44-30-36-14-4-5-15-37(36)31-46(44)52-49(42)48/h1-31H. The molecule has 9 aromatic carbocycles. The van der Waals surface area contributed by atoms with E-state index in [1.165, 1.54) is 64.0 Å². The third-order valence-corrected chi connectivity index (χ3v) is 11.8. The molecule has 11 aromatic rings. The summed E-state index contributed by atoms with van der Waals surface area (Å²) in [6.07, 6.45) is 0. The van der Waals surface area contributed by atoms with Crippen LogP contribution in [0.5, 0.6) is 0 Å². The van der Waals surface area contributed by atoms with Crippen molar-refractivity contribution in [3.05, 3.63) is 188 Å². The summed E-state index contributed by atoms with van der Waals surface area (Å²) in [5.74, 6) is 0. The summed E-state index contributed by atoms with van der Waals surface area (Å²) in [6.45, 7) is 0. The summed E-state index contributed by atoms with van der Waals surface area (Å²) < 4.78 is 9.19. The molecule has 0 unspecified atom stereocenters. The van der Waals surface area contributed by atoms with Gasteiger partial charge in [-0.1, -0.05) is 133 Å². The minimum Gasteiger partial charge on any atom is -0.455 e. The highest BCUT2D eigenvalue weighted by atomic mass is 32.1. The van der Waals surface area contributed by atoms with Gasteiger partial charge in [0.25, 0.3) is 0 Å². The molecule has 0 fully saturated rings. The lowest BCUT2D eigenvalue weighted by Crippen LogP contribution is -2.10. The van der Waals surface area contributed by atoms with Crippen molar-refractivity contribution in [3.8, 4) is 22.3 Å². The second-order valence-corrected chi connectivity index (χ2v) is 14.7. The van der Waals surface area contributed by atoms with Crippen LogP contribution in [0.2, 0.25) is 0 Å². The second-order valence-electron chi connectivity index (χ2n) is 13.7. The number of anilines is 3. The van der Waals surface area contributed by atoms with Crippen molar-refractivity contribution in [1.82, 2.24) is 0 Å². The van der Waals surface area contributed by atoms with Gasteiger partial charge in [-0.25, -0.2) is 0 Å². The van der Waals surface area contributed by atoms with Crippen LogP contribution in [0.1, 0.15) is 0 Å². The Morgan fingerprint density at radius 2 is 1.11 bits per heavy atom. The van der Waals surface area contributed by atoms with Gasteiger partial charge in [0, 0.05) is 37.6 Å². The molecule has 0 aliphatic heterocycles. The van der Waals surface area contributed by atoms with E-state index in [4.69, 9.17) is 4.42 Å². The molecular formula is C50H31NOS. The Bertz CT molecular complexity index is 3170. The van der Waals surface area contributed by atoms with E-state index in [0.717, 1.165) is 39.0 Å². The molecule has 248 valence electrons. The molecule has 0 amide bonds. The lowest BCUT2D eigenvalue weighted by molar-refractivity contribution is 0.673. The molecule has 0 atom stereocenters. The minimum absolute atomic E-state index is 0.923. The predicted molar refractivity (Wildman–Crippen MR) is 227 cm³/mol. The zero-order chi connectivity index (χ0) is 34.9. The fourth-order valence-electron chi connectivity index (χ4n) is 8.11. The van der Waals surface area contributed by atoms with Crippen molar-refractivity contribution in [3.63, 3.8) is 0 Å². The Labute approximate surface area is 310 Å². The maximum Gasteiger partial charge on any atom is 0.144 e. The first kappa shape index (κ1) is 30.0. The average molecular weight is 694 g/mol. The molecule has 2 nitrogen and oxygen atoms in total. The quantitative estimate of drug-likeness (QED) is 0.178. The summed E-state index contributed by atoms with van der Waals surface area (Å²) in [5.41, 5.74) is 10.0. The summed E-state index contributed by atoms with van der Waals surface area (Å²) in [7, 11) is 0. The number of nitrogens with zero attached hydrogens (tertiary/aromatic N) is 1. The van der Waals surface area contributed by atoms with E-state index >= 15 is 0 Å². The number of thiophene rings is 1. The largest absolute Gasteiger partial charge is 0.455 e. The van der Waals surface area contributed by atoms with Crippen molar-refractivity contribution in [2.45, 2.75) is 0 Å². The molecule has 53 heavy (non-hydrogen) atoms. The maximum atomic E-state index is 6.75. The molecule has 0 aliphatic carbocycles. The number of hydrogen-bond donors (Lipinski definition) is 0. The first-order chi connectivity index (χ1) is 26.3. The van der Waals surface area contributed by atoms with Crippen LogP contribution in [0.4, 0.5) is 17.1 Å². The van der Waals surface area contributed by atoms with Gasteiger partial charge in [-0.3, -0.25) is 0 Å². The van der Waals surface area contributed by atoms with E-state index in [9.17, 15) is 0 Å². The molecule has 2 heterocycles. The van der Waals surface area contributed by atoms with E-state index in [1.807, 2.05) is 11.3 Å². The lowest BCUT2D eigenvalue weighted by atomic mass is 9.98. The fraction of sp³-hybridized carbons (Fsp3) is 0. The van der Waals surface area contributed by atoms with Crippen LogP contribution in [-0.2, 0) is 0 Å². The molecule has 11 rings (SSSR count). The zero-order valence-electron chi connectivity index (χ0n) is 28.7. The van der Waals surface area contributed by atoms with Gasteiger partial charge in [-0.05, 0) is 98.4 Å². The summed E-state index contributed by atoms with van der Waals surface area (Å²) in [6, 6.07) is 67.9. The highest BCUT2D eigenvalue weighted by Crippen LogP contribution is 2.48. The highest BCUT2D eigenvalue weighted by molar-refractivity contribution is 7.26. The van der Waals surface area contributed by atoms with E-state index in [2.05, 4.69) is 193 Å². The van der Waals surface area contributed by atoms with Crippen LogP contribution in [0.25, 0.3) is 85.9 Å². The Morgan fingerprint density at radius 3 is 1.98 bits per heavy atom. The van der Waals surface area contributed by atoms with Crippen LogP contribution in [0.15, 0.2) is 192 Å². The molecular weight excluding hydrogens is 663 g/mol. The molecule has 3 heteroatoms. The molecule has 2 aromatic heterocycles. The molecule has 0 radical (unpaired) electrons. The van der Waals surface area contributed by atoms with Crippen molar-refractivity contribution in [2.24, 2.45) is 0 Å². The summed E-state index contributed by atoms with van der Waals surface area (Å²) >= 11 is 1.83. The summed E-state index contributed by atoms with van der Waals surface area (Å²) in [4.78, 5) is 2.42. The van der Waals surface area contributed by atoms with Gasteiger partial charge >= 0.3 is 0 Å². The van der Waals surface area contributed by atoms with Crippen molar-refractivity contribution in [2.75, 3.05) is 4.90 Å². The van der Waals surface area contributed by atoms with Gasteiger partial charge in [-0.15, -0.1) is 11.3 Å². The maximum absolute atomic E-state index is 6.75. The van der Waals surface area contributed by atoms with Gasteiger partial charge in [0.2, 0.25) is 0 Å².